The molecule has 0 aromatic heterocycles. The zero-order chi connectivity index (χ0) is 12.4. The Morgan fingerprint density at radius 3 is 2.12 bits per heavy atom. The van der Waals surface area contributed by atoms with Crippen molar-refractivity contribution in [1.29, 1.82) is 0 Å². The fraction of sp³-hybridized carbons (Fsp3) is 1.00. The standard InChI is InChI=1S/C13H31N3/c1-5-9-13(6-2,12-14)15-10-11-16(7-3)8-4/h15H,5-12,14H2,1-4H3. The number of hydrogen-bond acceptors (Lipinski definition) is 3. The Morgan fingerprint density at radius 1 is 1.12 bits per heavy atom. The second-order valence-electron chi connectivity index (χ2n) is 4.54. The lowest BCUT2D eigenvalue weighted by atomic mass is 9.90. The monoisotopic (exact) mass is 229 g/mol. The van der Waals surface area contributed by atoms with Crippen LogP contribution >= 0.6 is 0 Å². The minimum absolute atomic E-state index is 0.169. The topological polar surface area (TPSA) is 41.3 Å². The van der Waals surface area contributed by atoms with Crippen molar-refractivity contribution >= 4 is 0 Å². The summed E-state index contributed by atoms with van der Waals surface area (Å²) in [4.78, 5) is 2.44. The maximum absolute atomic E-state index is 5.91. The fourth-order valence-corrected chi connectivity index (χ4v) is 2.21. The minimum atomic E-state index is 0.169. The molecule has 98 valence electrons. The van der Waals surface area contributed by atoms with Crippen molar-refractivity contribution in [2.24, 2.45) is 5.73 Å². The van der Waals surface area contributed by atoms with E-state index in [2.05, 4.69) is 37.9 Å². The molecular weight excluding hydrogens is 198 g/mol. The van der Waals surface area contributed by atoms with Crippen molar-refractivity contribution < 1.29 is 0 Å². The van der Waals surface area contributed by atoms with Crippen LogP contribution in [0.3, 0.4) is 0 Å². The number of nitrogens with one attached hydrogen (secondary N) is 1. The molecule has 0 saturated carbocycles. The van der Waals surface area contributed by atoms with Gasteiger partial charge in [0.05, 0.1) is 0 Å². The molecule has 0 bridgehead atoms. The minimum Gasteiger partial charge on any atom is -0.329 e. The highest BCUT2D eigenvalue weighted by Gasteiger charge is 2.24. The van der Waals surface area contributed by atoms with E-state index in [1.54, 1.807) is 0 Å². The number of nitrogens with two attached hydrogens (primary N) is 1. The van der Waals surface area contributed by atoms with E-state index < -0.39 is 0 Å². The van der Waals surface area contributed by atoms with Crippen LogP contribution in [0.5, 0.6) is 0 Å². The van der Waals surface area contributed by atoms with Crippen molar-refractivity contribution in [2.75, 3.05) is 32.7 Å². The molecule has 0 saturated heterocycles. The number of hydrogen-bond donors (Lipinski definition) is 2. The summed E-state index contributed by atoms with van der Waals surface area (Å²) in [6.07, 6.45) is 3.50. The molecule has 3 N–H and O–H groups in total. The Balaban J connectivity index is 4.01. The van der Waals surface area contributed by atoms with Crippen LogP contribution in [-0.4, -0.2) is 43.2 Å². The van der Waals surface area contributed by atoms with E-state index in [9.17, 15) is 0 Å². The molecule has 0 amide bonds. The quantitative estimate of drug-likeness (QED) is 0.600. The van der Waals surface area contributed by atoms with Crippen LogP contribution in [0.2, 0.25) is 0 Å². The van der Waals surface area contributed by atoms with Crippen molar-refractivity contribution in [2.45, 2.75) is 52.5 Å². The van der Waals surface area contributed by atoms with Gasteiger partial charge in [0.15, 0.2) is 0 Å². The number of likely N-dealkylation sites (N-methyl/N-ethyl adjacent to an activating group) is 1. The van der Waals surface area contributed by atoms with E-state index in [1.165, 1.54) is 12.8 Å². The molecule has 0 spiro atoms. The normalized spacial score (nSPS) is 15.4. The van der Waals surface area contributed by atoms with E-state index in [0.717, 1.165) is 39.1 Å². The van der Waals surface area contributed by atoms with Gasteiger partial charge in [-0.15, -0.1) is 0 Å². The molecule has 0 aliphatic heterocycles. The molecule has 3 nitrogen and oxygen atoms in total. The molecule has 0 radical (unpaired) electrons. The molecule has 0 aromatic carbocycles. The molecular formula is C13H31N3. The highest BCUT2D eigenvalue weighted by molar-refractivity contribution is 4.87. The molecule has 0 aliphatic carbocycles. The van der Waals surface area contributed by atoms with Gasteiger partial charge in [-0.1, -0.05) is 34.1 Å². The average molecular weight is 229 g/mol. The molecule has 0 rings (SSSR count). The predicted molar refractivity (Wildman–Crippen MR) is 72.8 cm³/mol. The Bertz CT molecular complexity index is 151. The summed E-state index contributed by atoms with van der Waals surface area (Å²) in [5.41, 5.74) is 6.08. The van der Waals surface area contributed by atoms with Gasteiger partial charge in [0.25, 0.3) is 0 Å². The SMILES string of the molecule is CCCC(CC)(CN)NCCN(CC)CC. The first-order chi connectivity index (χ1) is 7.67. The van der Waals surface area contributed by atoms with Crippen molar-refractivity contribution in [3.05, 3.63) is 0 Å². The summed E-state index contributed by atoms with van der Waals surface area (Å²) in [6.45, 7) is 14.1. The van der Waals surface area contributed by atoms with E-state index in [-0.39, 0.29) is 5.54 Å². The van der Waals surface area contributed by atoms with E-state index in [1.807, 2.05) is 0 Å². The Hall–Kier alpha value is -0.120. The van der Waals surface area contributed by atoms with Crippen molar-refractivity contribution in [3.8, 4) is 0 Å². The van der Waals surface area contributed by atoms with Gasteiger partial charge in [-0.3, -0.25) is 0 Å². The molecule has 16 heavy (non-hydrogen) atoms. The van der Waals surface area contributed by atoms with Crippen molar-refractivity contribution in [3.63, 3.8) is 0 Å². The third-order valence-electron chi connectivity index (χ3n) is 3.62. The molecule has 0 fully saturated rings. The molecule has 1 unspecified atom stereocenters. The first-order valence-electron chi connectivity index (χ1n) is 6.85. The summed E-state index contributed by atoms with van der Waals surface area (Å²) in [7, 11) is 0. The van der Waals surface area contributed by atoms with Crippen LogP contribution in [0.15, 0.2) is 0 Å². The van der Waals surface area contributed by atoms with Crippen LogP contribution < -0.4 is 11.1 Å². The van der Waals surface area contributed by atoms with Crippen LogP contribution in [-0.2, 0) is 0 Å². The lowest BCUT2D eigenvalue weighted by molar-refractivity contribution is 0.252. The lowest BCUT2D eigenvalue weighted by Crippen LogP contribution is -2.52. The summed E-state index contributed by atoms with van der Waals surface area (Å²) in [6, 6.07) is 0. The van der Waals surface area contributed by atoms with Gasteiger partial charge in [0.1, 0.15) is 0 Å². The highest BCUT2D eigenvalue weighted by atomic mass is 15.1. The zero-order valence-corrected chi connectivity index (χ0v) is 11.7. The molecule has 1 atom stereocenters. The third-order valence-corrected chi connectivity index (χ3v) is 3.62. The van der Waals surface area contributed by atoms with Gasteiger partial charge in [-0.2, -0.15) is 0 Å². The Morgan fingerprint density at radius 2 is 1.75 bits per heavy atom. The average Bonchev–Trinajstić information content (AvgIpc) is 2.33. The van der Waals surface area contributed by atoms with Crippen LogP contribution in [0.4, 0.5) is 0 Å². The smallest absolute Gasteiger partial charge is 0.0301 e. The summed E-state index contributed by atoms with van der Waals surface area (Å²) in [5, 5.41) is 3.67. The van der Waals surface area contributed by atoms with Gasteiger partial charge >= 0.3 is 0 Å². The Kier molecular flexibility index (Phi) is 8.90. The first kappa shape index (κ1) is 15.9. The van der Waals surface area contributed by atoms with Crippen LogP contribution in [0.25, 0.3) is 0 Å². The summed E-state index contributed by atoms with van der Waals surface area (Å²) < 4.78 is 0. The van der Waals surface area contributed by atoms with E-state index in [4.69, 9.17) is 5.73 Å². The molecule has 0 aromatic rings. The summed E-state index contributed by atoms with van der Waals surface area (Å²) in [5.74, 6) is 0. The zero-order valence-electron chi connectivity index (χ0n) is 11.7. The Labute approximate surface area is 102 Å². The molecule has 3 heteroatoms. The van der Waals surface area contributed by atoms with E-state index in [0.29, 0.717) is 0 Å². The molecule has 0 aliphatic rings. The van der Waals surface area contributed by atoms with Gasteiger partial charge in [0.2, 0.25) is 0 Å². The largest absolute Gasteiger partial charge is 0.329 e. The second-order valence-corrected chi connectivity index (χ2v) is 4.54. The maximum atomic E-state index is 5.91. The first-order valence-corrected chi connectivity index (χ1v) is 6.85. The highest BCUT2D eigenvalue weighted by Crippen LogP contribution is 2.15. The van der Waals surface area contributed by atoms with Gasteiger partial charge in [-0.05, 0) is 25.9 Å². The second kappa shape index (κ2) is 8.97. The van der Waals surface area contributed by atoms with Crippen molar-refractivity contribution in [1.82, 2.24) is 10.2 Å². The van der Waals surface area contributed by atoms with Crippen LogP contribution in [0.1, 0.15) is 47.0 Å². The van der Waals surface area contributed by atoms with Gasteiger partial charge in [-0.25, -0.2) is 0 Å². The number of nitrogens with zero attached hydrogens (tertiary/aromatic N) is 1. The lowest BCUT2D eigenvalue weighted by Gasteiger charge is -2.33. The van der Waals surface area contributed by atoms with Gasteiger partial charge < -0.3 is 16.0 Å². The van der Waals surface area contributed by atoms with E-state index >= 15 is 0 Å². The molecule has 0 heterocycles. The predicted octanol–water partition coefficient (Wildman–Crippen LogP) is 1.83. The third kappa shape index (κ3) is 5.28. The van der Waals surface area contributed by atoms with Gasteiger partial charge in [0, 0.05) is 25.2 Å². The fourth-order valence-electron chi connectivity index (χ4n) is 2.21. The summed E-state index contributed by atoms with van der Waals surface area (Å²) >= 11 is 0. The van der Waals surface area contributed by atoms with Crippen LogP contribution in [0, 0.1) is 0 Å². The maximum Gasteiger partial charge on any atom is 0.0301 e. The number of rotatable bonds is 10.